The Labute approximate surface area is 126 Å². The van der Waals surface area contributed by atoms with E-state index in [4.69, 9.17) is 4.74 Å². The van der Waals surface area contributed by atoms with Gasteiger partial charge in [-0.3, -0.25) is 0 Å². The number of nitrogens with zero attached hydrogens (tertiary/aromatic N) is 2. The van der Waals surface area contributed by atoms with E-state index in [0.29, 0.717) is 5.92 Å². The van der Waals surface area contributed by atoms with E-state index in [1.165, 1.54) is 5.56 Å². The van der Waals surface area contributed by atoms with Crippen LogP contribution in [0.25, 0.3) is 11.4 Å². The van der Waals surface area contributed by atoms with Crippen molar-refractivity contribution < 1.29 is 4.74 Å². The van der Waals surface area contributed by atoms with Gasteiger partial charge in [0.2, 0.25) is 0 Å². The summed E-state index contributed by atoms with van der Waals surface area (Å²) >= 11 is 0. The highest BCUT2D eigenvalue weighted by Gasteiger charge is 2.15. The molecule has 1 aromatic carbocycles. The lowest BCUT2D eigenvalue weighted by Gasteiger charge is -2.17. The molecule has 0 saturated heterocycles. The lowest BCUT2D eigenvalue weighted by Crippen LogP contribution is -2.17. The summed E-state index contributed by atoms with van der Waals surface area (Å²) in [6.45, 7) is 7.23. The Morgan fingerprint density at radius 1 is 1.19 bits per heavy atom. The number of benzene rings is 1. The van der Waals surface area contributed by atoms with Gasteiger partial charge >= 0.3 is 0 Å². The third-order valence-corrected chi connectivity index (χ3v) is 3.66. The summed E-state index contributed by atoms with van der Waals surface area (Å²) in [5.41, 5.74) is 4.30. The number of rotatable bonds is 5. The molecule has 0 amide bonds. The van der Waals surface area contributed by atoms with Crippen LogP contribution in [0.15, 0.2) is 24.3 Å². The molecular formula is C17H23N3O. The summed E-state index contributed by atoms with van der Waals surface area (Å²) in [4.78, 5) is 9.38. The van der Waals surface area contributed by atoms with E-state index < -0.39 is 0 Å². The summed E-state index contributed by atoms with van der Waals surface area (Å²) in [6.07, 6.45) is 0. The van der Waals surface area contributed by atoms with Gasteiger partial charge in [0.25, 0.3) is 0 Å². The first-order chi connectivity index (χ1) is 10.1. The van der Waals surface area contributed by atoms with Crippen LogP contribution < -0.4 is 10.1 Å². The van der Waals surface area contributed by atoms with E-state index in [-0.39, 0.29) is 0 Å². The Bertz CT molecular complexity index is 602. The van der Waals surface area contributed by atoms with Crippen LogP contribution in [0.3, 0.4) is 0 Å². The first-order valence-electron chi connectivity index (χ1n) is 7.21. The molecule has 1 N–H and O–H groups in total. The predicted octanol–water partition coefficient (Wildman–Crippen LogP) is 3.09. The Hall–Kier alpha value is -1.94. The quantitative estimate of drug-likeness (QED) is 0.917. The molecule has 1 unspecified atom stereocenters. The third-order valence-electron chi connectivity index (χ3n) is 3.66. The maximum Gasteiger partial charge on any atom is 0.159 e. The number of likely N-dealkylation sites (N-methyl/N-ethyl adjacent to an activating group) is 1. The number of aryl methyl sites for hydroxylation is 2. The highest BCUT2D eigenvalue weighted by atomic mass is 16.5. The summed E-state index contributed by atoms with van der Waals surface area (Å²) in [5.74, 6) is 1.97. The van der Waals surface area contributed by atoms with Crippen molar-refractivity contribution in [1.29, 1.82) is 0 Å². The number of hydrogen-bond acceptors (Lipinski definition) is 4. The second-order valence-corrected chi connectivity index (χ2v) is 5.32. The van der Waals surface area contributed by atoms with E-state index in [9.17, 15) is 0 Å². The molecule has 0 saturated carbocycles. The number of methoxy groups -OCH3 is 1. The van der Waals surface area contributed by atoms with E-state index in [2.05, 4.69) is 36.1 Å². The lowest BCUT2D eigenvalue weighted by atomic mass is 9.98. The van der Waals surface area contributed by atoms with E-state index in [1.54, 1.807) is 7.11 Å². The van der Waals surface area contributed by atoms with Crippen LogP contribution in [0.2, 0.25) is 0 Å². The van der Waals surface area contributed by atoms with Crippen LogP contribution in [-0.4, -0.2) is 30.7 Å². The van der Waals surface area contributed by atoms with Crippen molar-refractivity contribution in [2.75, 3.05) is 20.7 Å². The first kappa shape index (κ1) is 15.4. The summed E-state index contributed by atoms with van der Waals surface area (Å²) in [6, 6.07) is 7.85. The van der Waals surface area contributed by atoms with Crippen LogP contribution in [-0.2, 0) is 0 Å². The summed E-state index contributed by atoms with van der Waals surface area (Å²) < 4.78 is 5.27. The van der Waals surface area contributed by atoms with Crippen LogP contribution in [0, 0.1) is 13.8 Å². The molecule has 0 fully saturated rings. The molecule has 0 spiro atoms. The third kappa shape index (κ3) is 3.39. The zero-order valence-corrected chi connectivity index (χ0v) is 13.4. The van der Waals surface area contributed by atoms with Crippen LogP contribution in [0.4, 0.5) is 0 Å². The van der Waals surface area contributed by atoms with E-state index in [1.807, 2.05) is 31.3 Å². The Morgan fingerprint density at radius 3 is 2.43 bits per heavy atom. The van der Waals surface area contributed by atoms with Crippen LogP contribution in [0.5, 0.6) is 5.75 Å². The van der Waals surface area contributed by atoms with Crippen molar-refractivity contribution in [2.45, 2.75) is 26.7 Å². The number of hydrogen-bond donors (Lipinski definition) is 1. The van der Waals surface area contributed by atoms with Gasteiger partial charge < -0.3 is 10.1 Å². The molecule has 2 rings (SSSR count). The minimum atomic E-state index is 0.398. The Kier molecular flexibility index (Phi) is 4.91. The van der Waals surface area contributed by atoms with E-state index in [0.717, 1.165) is 35.1 Å². The van der Waals surface area contributed by atoms with Crippen molar-refractivity contribution in [3.8, 4) is 17.1 Å². The standard InChI is InChI=1S/C17H23N3O/c1-11(10-18-4)16-12(2)19-17(20-13(16)3)14-7-6-8-15(9-14)21-5/h6-9,11,18H,10H2,1-5H3. The first-order valence-corrected chi connectivity index (χ1v) is 7.21. The molecule has 0 bridgehead atoms. The smallest absolute Gasteiger partial charge is 0.159 e. The number of aromatic nitrogens is 2. The van der Waals surface area contributed by atoms with Gasteiger partial charge in [0.05, 0.1) is 7.11 Å². The van der Waals surface area contributed by atoms with Crippen LogP contribution in [0.1, 0.15) is 29.8 Å². The maximum absolute atomic E-state index is 5.27. The van der Waals surface area contributed by atoms with E-state index >= 15 is 0 Å². The van der Waals surface area contributed by atoms with Gasteiger partial charge in [0.1, 0.15) is 5.75 Å². The van der Waals surface area contributed by atoms with Gasteiger partial charge in [0.15, 0.2) is 5.82 Å². The fraction of sp³-hybridized carbons (Fsp3) is 0.412. The maximum atomic E-state index is 5.27. The Balaban J connectivity index is 2.43. The fourth-order valence-corrected chi connectivity index (χ4v) is 2.74. The second kappa shape index (κ2) is 6.68. The van der Waals surface area contributed by atoms with Crippen molar-refractivity contribution in [1.82, 2.24) is 15.3 Å². The number of ether oxygens (including phenoxy) is 1. The van der Waals surface area contributed by atoms with Gasteiger partial charge in [-0.2, -0.15) is 0 Å². The molecule has 4 heteroatoms. The highest BCUT2D eigenvalue weighted by molar-refractivity contribution is 5.58. The molecule has 0 aliphatic carbocycles. The van der Waals surface area contributed by atoms with Crippen molar-refractivity contribution >= 4 is 0 Å². The fourth-order valence-electron chi connectivity index (χ4n) is 2.74. The topological polar surface area (TPSA) is 47.0 Å². The van der Waals surface area contributed by atoms with Gasteiger partial charge in [-0.05, 0) is 44.5 Å². The average molecular weight is 285 g/mol. The van der Waals surface area contributed by atoms with Crippen molar-refractivity contribution in [2.24, 2.45) is 0 Å². The predicted molar refractivity (Wildman–Crippen MR) is 85.8 cm³/mol. The molecule has 1 aromatic heterocycles. The molecule has 1 atom stereocenters. The molecule has 112 valence electrons. The SMILES string of the molecule is CNCC(C)c1c(C)nc(-c2cccc(OC)c2)nc1C. The zero-order chi connectivity index (χ0) is 15.4. The zero-order valence-electron chi connectivity index (χ0n) is 13.4. The van der Waals surface area contributed by atoms with Gasteiger partial charge in [-0.1, -0.05) is 19.1 Å². The second-order valence-electron chi connectivity index (χ2n) is 5.32. The molecule has 21 heavy (non-hydrogen) atoms. The molecule has 0 radical (unpaired) electrons. The molecule has 2 aromatic rings. The van der Waals surface area contributed by atoms with Crippen molar-refractivity contribution in [3.63, 3.8) is 0 Å². The molecule has 0 aliphatic heterocycles. The van der Waals surface area contributed by atoms with Gasteiger partial charge in [-0.15, -0.1) is 0 Å². The monoisotopic (exact) mass is 285 g/mol. The van der Waals surface area contributed by atoms with Crippen molar-refractivity contribution in [3.05, 3.63) is 41.2 Å². The summed E-state index contributed by atoms with van der Waals surface area (Å²) in [5, 5.41) is 3.21. The molecule has 4 nitrogen and oxygen atoms in total. The van der Waals surface area contributed by atoms with Crippen LogP contribution >= 0.6 is 0 Å². The summed E-state index contributed by atoms with van der Waals surface area (Å²) in [7, 11) is 3.63. The number of nitrogens with one attached hydrogen (secondary N) is 1. The molecule has 1 heterocycles. The minimum absolute atomic E-state index is 0.398. The normalized spacial score (nSPS) is 12.2. The average Bonchev–Trinajstić information content (AvgIpc) is 2.47. The van der Waals surface area contributed by atoms with Gasteiger partial charge in [-0.25, -0.2) is 9.97 Å². The lowest BCUT2D eigenvalue weighted by molar-refractivity contribution is 0.415. The minimum Gasteiger partial charge on any atom is -0.497 e. The highest BCUT2D eigenvalue weighted by Crippen LogP contribution is 2.26. The molecular weight excluding hydrogens is 262 g/mol. The molecule has 0 aliphatic rings. The largest absolute Gasteiger partial charge is 0.497 e. The Morgan fingerprint density at radius 2 is 1.86 bits per heavy atom. The van der Waals surface area contributed by atoms with Gasteiger partial charge in [0, 0.05) is 23.5 Å².